The van der Waals surface area contributed by atoms with E-state index < -0.39 is 60.8 Å². The van der Waals surface area contributed by atoms with Gasteiger partial charge in [0, 0.05) is 0 Å². The zero-order valence-electron chi connectivity index (χ0n) is 15.1. The molecule has 1 fully saturated rings. The molecule has 2 aliphatic rings. The Balaban J connectivity index is 1.66. The van der Waals surface area contributed by atoms with E-state index in [1.54, 1.807) is 0 Å². The van der Waals surface area contributed by atoms with Crippen molar-refractivity contribution in [1.29, 1.82) is 0 Å². The van der Waals surface area contributed by atoms with E-state index in [0.29, 0.717) is 11.5 Å². The maximum absolute atomic E-state index is 11.8. The zero-order valence-corrected chi connectivity index (χ0v) is 17.7. The maximum atomic E-state index is 11.8. The molecule has 0 amide bonds. The van der Waals surface area contributed by atoms with Crippen molar-refractivity contribution in [3.63, 3.8) is 0 Å². The van der Waals surface area contributed by atoms with Crippen LogP contribution in [0.1, 0.15) is 18.1 Å². The normalized spacial score (nSPS) is 32.2. The fraction of sp³-hybridized carbons (Fsp3) is 0.600. The molecule has 0 spiro atoms. The molecule has 3 rings (SSSR count). The minimum Gasteiger partial charge on any atom is -0.387 e. The minimum atomic E-state index is -5.69. The first-order valence-electron chi connectivity index (χ1n) is 8.09. The number of aliphatic hydroxyl groups excluding tert-OH is 2. The highest BCUT2D eigenvalue weighted by Crippen LogP contribution is 2.66. The van der Waals surface area contributed by atoms with Gasteiger partial charge < -0.3 is 45.6 Å². The number of aliphatic imine (C=N–C) groups is 1. The molecule has 18 nitrogen and oxygen atoms in total. The van der Waals surface area contributed by atoms with Crippen LogP contribution in [0.15, 0.2) is 11.3 Å². The average molecular weight is 509 g/mol. The summed E-state index contributed by atoms with van der Waals surface area (Å²) < 4.78 is 52.0. The first kappa shape index (κ1) is 24.6. The highest BCUT2D eigenvalue weighted by molar-refractivity contribution is 7.66. The second-order valence-corrected chi connectivity index (χ2v) is 10.6. The van der Waals surface area contributed by atoms with Gasteiger partial charge in [0.1, 0.15) is 36.0 Å². The summed E-state index contributed by atoms with van der Waals surface area (Å²) in [6.45, 7) is -0.941. The zero-order chi connectivity index (χ0) is 23.2. The predicted molar refractivity (Wildman–Crippen MR) is 97.0 cm³/mol. The molecule has 176 valence electrons. The van der Waals surface area contributed by atoms with Crippen molar-refractivity contribution in [2.24, 2.45) is 10.7 Å². The number of hydrogen-bond acceptors (Lipinski definition) is 13. The van der Waals surface area contributed by atoms with E-state index in [2.05, 4.69) is 28.4 Å². The second-order valence-electron chi connectivity index (χ2n) is 6.19. The number of aliphatic hydroxyl groups is 2. The molecule has 0 radical (unpaired) electrons. The molecule has 3 heterocycles. The van der Waals surface area contributed by atoms with Crippen LogP contribution >= 0.6 is 23.5 Å². The summed E-state index contributed by atoms with van der Waals surface area (Å²) >= 11 is 0. The van der Waals surface area contributed by atoms with Gasteiger partial charge in [0.05, 0.1) is 19.3 Å². The van der Waals surface area contributed by atoms with E-state index in [1.807, 2.05) is 0 Å². The number of imidazole rings is 1. The van der Waals surface area contributed by atoms with Gasteiger partial charge in [-0.15, -0.1) is 0 Å². The molecule has 1 aromatic heterocycles. The minimum absolute atomic E-state index is 0.312. The monoisotopic (exact) mass is 509 g/mol. The first-order chi connectivity index (χ1) is 14.2. The Labute approximate surface area is 172 Å². The first-order valence-corrected chi connectivity index (χ1v) is 12.6. The molecule has 2 aliphatic heterocycles. The number of ether oxygens (including phenoxy) is 1. The molecule has 0 saturated carbocycles. The van der Waals surface area contributed by atoms with Crippen LogP contribution in [-0.2, 0) is 31.6 Å². The second kappa shape index (κ2) is 8.70. The smallest absolute Gasteiger partial charge is 0.387 e. The lowest BCUT2D eigenvalue weighted by molar-refractivity contribution is -0.0510. The number of anilines is 1. The molecule has 2 unspecified atom stereocenters. The van der Waals surface area contributed by atoms with E-state index in [-0.39, 0.29) is 0 Å². The number of nitrogens with one attached hydrogen (secondary N) is 1. The fourth-order valence-electron chi connectivity index (χ4n) is 2.75. The van der Waals surface area contributed by atoms with Crippen LogP contribution in [-0.4, -0.2) is 70.6 Å². The molecule has 0 aliphatic carbocycles. The van der Waals surface area contributed by atoms with Crippen LogP contribution < -0.4 is 11.1 Å². The number of rotatable bonds is 8. The molecular formula is C10H18N5O13P3. The van der Waals surface area contributed by atoms with E-state index in [1.165, 1.54) is 17.2 Å². The third-order valence-corrected chi connectivity index (χ3v) is 7.77. The third-order valence-electron chi connectivity index (χ3n) is 3.97. The van der Waals surface area contributed by atoms with Gasteiger partial charge in [0.2, 0.25) is 0 Å². The number of fused-ring (bicyclic) bond motifs is 1. The summed E-state index contributed by atoms with van der Waals surface area (Å²) in [6, 6.07) is 0. The summed E-state index contributed by atoms with van der Waals surface area (Å²) in [5.74, 6) is 0.312. The van der Waals surface area contributed by atoms with E-state index >= 15 is 0 Å². The standard InChI is InChI=1S/C10H18N5O13P3/c11-8-5-9(13-2-12-8)15(3-14-5)10-7(17)6(16)4(26-10)1-25-30(21,22)28-31(23,24)27-29(18,19)20/h2-4,6-8,10,16-17H,1,11H2,(H,12,13)(H,21,22)(H,23,24)(H2,18,19,20)/t4-,6-,7-,8-,10-/m1/s1. The van der Waals surface area contributed by atoms with Crippen LogP contribution in [0.25, 0.3) is 0 Å². The summed E-state index contributed by atoms with van der Waals surface area (Å²) in [5.41, 5.74) is 6.09. The average Bonchev–Trinajstić information content (AvgIpc) is 3.13. The molecular weight excluding hydrogens is 491 g/mol. The quantitative estimate of drug-likeness (QED) is 0.180. The van der Waals surface area contributed by atoms with E-state index in [0.717, 1.165) is 0 Å². The van der Waals surface area contributed by atoms with Crippen molar-refractivity contribution < 1.29 is 61.4 Å². The molecule has 1 aromatic rings. The summed E-state index contributed by atoms with van der Waals surface area (Å²) in [4.78, 5) is 43.5. The molecule has 7 atom stereocenters. The van der Waals surface area contributed by atoms with Crippen LogP contribution in [0, 0.1) is 0 Å². The highest BCUT2D eigenvalue weighted by Gasteiger charge is 2.47. The lowest BCUT2D eigenvalue weighted by Gasteiger charge is -2.21. The molecule has 9 N–H and O–H groups in total. The predicted octanol–water partition coefficient (Wildman–Crippen LogP) is -1.74. The number of phosphoric ester groups is 1. The molecule has 21 heteroatoms. The Bertz CT molecular complexity index is 995. The highest BCUT2D eigenvalue weighted by atomic mass is 31.3. The van der Waals surface area contributed by atoms with Crippen LogP contribution in [0.3, 0.4) is 0 Å². The van der Waals surface area contributed by atoms with Gasteiger partial charge in [0.25, 0.3) is 0 Å². The number of nitrogens with zero attached hydrogens (tertiary/aromatic N) is 3. The van der Waals surface area contributed by atoms with Crippen molar-refractivity contribution in [3.8, 4) is 0 Å². The van der Waals surface area contributed by atoms with Crippen LogP contribution in [0.4, 0.5) is 5.82 Å². The summed E-state index contributed by atoms with van der Waals surface area (Å²) in [6.07, 6.45) is -4.14. The van der Waals surface area contributed by atoms with Gasteiger partial charge in [0.15, 0.2) is 6.23 Å². The number of hydrogen-bond donors (Lipinski definition) is 8. The van der Waals surface area contributed by atoms with Gasteiger partial charge in [-0.1, -0.05) is 0 Å². The van der Waals surface area contributed by atoms with Gasteiger partial charge in [-0.25, -0.2) is 18.7 Å². The maximum Gasteiger partial charge on any atom is 0.490 e. The lowest BCUT2D eigenvalue weighted by atomic mass is 10.1. The Morgan fingerprint density at radius 2 is 1.81 bits per heavy atom. The molecule has 31 heavy (non-hydrogen) atoms. The molecule has 0 bridgehead atoms. The van der Waals surface area contributed by atoms with Gasteiger partial charge in [-0.2, -0.15) is 8.62 Å². The Morgan fingerprint density at radius 1 is 1.13 bits per heavy atom. The molecule has 0 aromatic carbocycles. The van der Waals surface area contributed by atoms with Gasteiger partial charge >= 0.3 is 23.5 Å². The van der Waals surface area contributed by atoms with E-state index in [4.69, 9.17) is 25.2 Å². The number of nitrogens with two attached hydrogens (primary N) is 1. The fourth-order valence-corrected chi connectivity index (χ4v) is 5.78. The van der Waals surface area contributed by atoms with Crippen molar-refractivity contribution >= 4 is 35.6 Å². The number of phosphoric acid groups is 3. The Hall–Kier alpha value is -1.07. The Kier molecular flexibility index (Phi) is 6.90. The van der Waals surface area contributed by atoms with Gasteiger partial charge in [-0.05, 0) is 0 Å². The SMILES string of the molecule is N[C@@H]1N=CNc2c1ncn2[C@@H]1O[C@H](COP(=O)(O)OP(=O)(O)OP(=O)(O)O)[C@@H](O)[C@H]1O. The van der Waals surface area contributed by atoms with Crippen molar-refractivity contribution in [3.05, 3.63) is 12.0 Å². The van der Waals surface area contributed by atoms with E-state index in [9.17, 15) is 28.8 Å². The number of aromatic nitrogens is 2. The van der Waals surface area contributed by atoms with Crippen molar-refractivity contribution in [1.82, 2.24) is 9.55 Å². The molecule has 1 saturated heterocycles. The Morgan fingerprint density at radius 3 is 2.45 bits per heavy atom. The van der Waals surface area contributed by atoms with Crippen LogP contribution in [0.2, 0.25) is 0 Å². The van der Waals surface area contributed by atoms with Crippen molar-refractivity contribution in [2.75, 3.05) is 11.9 Å². The largest absolute Gasteiger partial charge is 0.490 e. The lowest BCUT2D eigenvalue weighted by Crippen LogP contribution is -2.33. The summed E-state index contributed by atoms with van der Waals surface area (Å²) in [7, 11) is -16.7. The third kappa shape index (κ3) is 5.84. The van der Waals surface area contributed by atoms with Crippen molar-refractivity contribution in [2.45, 2.75) is 30.7 Å². The summed E-state index contributed by atoms with van der Waals surface area (Å²) in [5, 5.41) is 23.2. The van der Waals surface area contributed by atoms with Gasteiger partial charge in [-0.3, -0.25) is 14.1 Å². The van der Waals surface area contributed by atoms with Crippen LogP contribution in [0.5, 0.6) is 0 Å². The topological polar surface area (TPSA) is 278 Å².